The zero-order chi connectivity index (χ0) is 17.1. The second kappa shape index (κ2) is 6.33. The minimum absolute atomic E-state index is 0.199. The van der Waals surface area contributed by atoms with E-state index in [0.717, 1.165) is 0 Å². The lowest BCUT2D eigenvalue weighted by Crippen LogP contribution is -2.28. The summed E-state index contributed by atoms with van der Waals surface area (Å²) in [5.74, 6) is -1.08. The molecule has 0 bridgehead atoms. The first-order chi connectivity index (χ1) is 11.6. The third-order valence-corrected chi connectivity index (χ3v) is 3.52. The molecule has 1 heterocycles. The van der Waals surface area contributed by atoms with Gasteiger partial charge in [0.15, 0.2) is 0 Å². The molecule has 24 heavy (non-hydrogen) atoms. The fraction of sp³-hybridized carbons (Fsp3) is 0.0588. The Morgan fingerprint density at radius 3 is 2.58 bits per heavy atom. The monoisotopic (exact) mass is 322 g/mol. The predicted octanol–water partition coefficient (Wildman–Crippen LogP) is 1.13. The Bertz CT molecular complexity index is 994. The molecular formula is C17H14N4O3. The van der Waals surface area contributed by atoms with Gasteiger partial charge >= 0.3 is 0 Å². The average molecular weight is 322 g/mol. The van der Waals surface area contributed by atoms with Gasteiger partial charge in [-0.05, 0) is 24.3 Å². The van der Waals surface area contributed by atoms with E-state index in [-0.39, 0.29) is 17.7 Å². The van der Waals surface area contributed by atoms with E-state index >= 15 is 0 Å². The van der Waals surface area contributed by atoms with E-state index in [9.17, 15) is 14.4 Å². The number of amides is 2. The molecule has 0 aliphatic carbocycles. The summed E-state index contributed by atoms with van der Waals surface area (Å²) < 4.78 is 1.32. The van der Waals surface area contributed by atoms with Crippen LogP contribution in [0.15, 0.2) is 59.5 Å². The number of primary amides is 1. The molecule has 2 aromatic carbocycles. The van der Waals surface area contributed by atoms with Gasteiger partial charge in [-0.2, -0.15) is 0 Å². The lowest BCUT2D eigenvalue weighted by Gasteiger charge is -2.11. The fourth-order valence-corrected chi connectivity index (χ4v) is 2.42. The van der Waals surface area contributed by atoms with Crippen molar-refractivity contribution in [3.8, 4) is 0 Å². The molecule has 3 aromatic rings. The summed E-state index contributed by atoms with van der Waals surface area (Å²) in [7, 11) is 0. The minimum atomic E-state index is -0.641. The van der Waals surface area contributed by atoms with Crippen LogP contribution in [0.5, 0.6) is 0 Å². The number of nitrogens with zero attached hydrogens (tertiary/aromatic N) is 2. The van der Waals surface area contributed by atoms with Gasteiger partial charge in [-0.1, -0.05) is 24.3 Å². The Labute approximate surface area is 136 Å². The van der Waals surface area contributed by atoms with E-state index < -0.39 is 11.8 Å². The van der Waals surface area contributed by atoms with E-state index in [1.807, 2.05) is 0 Å². The number of carbonyl (C=O) groups is 2. The first-order valence-corrected chi connectivity index (χ1v) is 7.19. The summed E-state index contributed by atoms with van der Waals surface area (Å²) in [5.41, 5.74) is 6.59. The highest BCUT2D eigenvalue weighted by Gasteiger charge is 2.12. The second-order valence-electron chi connectivity index (χ2n) is 5.13. The van der Waals surface area contributed by atoms with Gasteiger partial charge in [-0.3, -0.25) is 19.0 Å². The van der Waals surface area contributed by atoms with Crippen molar-refractivity contribution in [2.75, 3.05) is 5.32 Å². The Morgan fingerprint density at radius 1 is 1.08 bits per heavy atom. The smallest absolute Gasteiger partial charge is 0.269 e. The summed E-state index contributed by atoms with van der Waals surface area (Å²) in [6.07, 6.45) is 1.17. The third kappa shape index (κ3) is 3.00. The maximum absolute atomic E-state index is 12.3. The van der Waals surface area contributed by atoms with Crippen LogP contribution < -0.4 is 16.6 Å². The first-order valence-electron chi connectivity index (χ1n) is 7.19. The predicted molar refractivity (Wildman–Crippen MR) is 89.6 cm³/mol. The summed E-state index contributed by atoms with van der Waals surface area (Å²) in [6, 6.07) is 13.5. The first kappa shape index (κ1) is 15.4. The van der Waals surface area contributed by atoms with Crippen LogP contribution >= 0.6 is 0 Å². The number of nitrogens with one attached hydrogen (secondary N) is 1. The van der Waals surface area contributed by atoms with Crippen LogP contribution in [0.25, 0.3) is 11.0 Å². The van der Waals surface area contributed by atoms with Crippen molar-refractivity contribution in [3.63, 3.8) is 0 Å². The maximum atomic E-state index is 12.3. The van der Waals surface area contributed by atoms with E-state index in [1.54, 1.807) is 42.5 Å². The molecule has 0 fully saturated rings. The summed E-state index contributed by atoms with van der Waals surface area (Å²) >= 11 is 0. The van der Waals surface area contributed by atoms with Gasteiger partial charge < -0.3 is 11.1 Å². The molecule has 0 atom stereocenters. The highest BCUT2D eigenvalue weighted by atomic mass is 16.2. The van der Waals surface area contributed by atoms with Gasteiger partial charge in [0.25, 0.3) is 11.5 Å². The minimum Gasteiger partial charge on any atom is -0.366 e. The van der Waals surface area contributed by atoms with Crippen molar-refractivity contribution in [1.82, 2.24) is 9.55 Å². The van der Waals surface area contributed by atoms with Crippen molar-refractivity contribution in [2.24, 2.45) is 5.73 Å². The highest BCUT2D eigenvalue weighted by molar-refractivity contribution is 6.03. The highest BCUT2D eigenvalue weighted by Crippen LogP contribution is 2.14. The topological polar surface area (TPSA) is 107 Å². The largest absolute Gasteiger partial charge is 0.366 e. The number of fused-ring (bicyclic) bond motifs is 1. The van der Waals surface area contributed by atoms with Crippen molar-refractivity contribution in [1.29, 1.82) is 0 Å². The molecule has 3 rings (SSSR count). The van der Waals surface area contributed by atoms with Crippen LogP contribution in [0, 0.1) is 0 Å². The molecule has 7 heteroatoms. The maximum Gasteiger partial charge on any atom is 0.269 e. The molecule has 2 amide bonds. The molecule has 3 N–H and O–H groups in total. The lowest BCUT2D eigenvalue weighted by atomic mass is 10.1. The van der Waals surface area contributed by atoms with Crippen LogP contribution in [0.3, 0.4) is 0 Å². The zero-order valence-corrected chi connectivity index (χ0v) is 12.6. The van der Waals surface area contributed by atoms with Crippen molar-refractivity contribution in [2.45, 2.75) is 6.54 Å². The number of hydrogen-bond donors (Lipinski definition) is 2. The number of rotatable bonds is 4. The number of hydrogen-bond acceptors (Lipinski definition) is 4. The quantitative estimate of drug-likeness (QED) is 0.751. The average Bonchev–Trinajstić information content (AvgIpc) is 2.58. The number of aromatic nitrogens is 2. The van der Waals surface area contributed by atoms with Crippen LogP contribution in [0.2, 0.25) is 0 Å². The molecule has 0 aliphatic heterocycles. The third-order valence-electron chi connectivity index (χ3n) is 3.52. The summed E-state index contributed by atoms with van der Waals surface area (Å²) in [6.45, 7) is -0.199. The molecule has 0 aliphatic rings. The van der Waals surface area contributed by atoms with E-state index in [4.69, 9.17) is 5.73 Å². The SMILES string of the molecule is NC(=O)c1ccccc1NC(=O)Cn1c(=O)cnc2ccccc21. The summed E-state index contributed by atoms with van der Waals surface area (Å²) in [5, 5.41) is 2.61. The van der Waals surface area contributed by atoms with E-state index in [0.29, 0.717) is 16.7 Å². The number of para-hydroxylation sites is 3. The Morgan fingerprint density at radius 2 is 1.79 bits per heavy atom. The number of nitrogens with two attached hydrogens (primary N) is 1. The molecular weight excluding hydrogens is 308 g/mol. The van der Waals surface area contributed by atoms with Crippen LogP contribution in [-0.2, 0) is 11.3 Å². The molecule has 0 unspecified atom stereocenters. The van der Waals surface area contributed by atoms with Gasteiger partial charge in [0.05, 0.1) is 28.5 Å². The molecule has 0 saturated carbocycles. The van der Waals surface area contributed by atoms with Crippen LogP contribution in [0.1, 0.15) is 10.4 Å². The van der Waals surface area contributed by atoms with Gasteiger partial charge in [0.1, 0.15) is 6.54 Å². The lowest BCUT2D eigenvalue weighted by molar-refractivity contribution is -0.116. The van der Waals surface area contributed by atoms with Crippen molar-refractivity contribution >= 4 is 28.5 Å². The zero-order valence-electron chi connectivity index (χ0n) is 12.6. The van der Waals surface area contributed by atoms with Crippen molar-refractivity contribution < 1.29 is 9.59 Å². The van der Waals surface area contributed by atoms with E-state index in [2.05, 4.69) is 10.3 Å². The van der Waals surface area contributed by atoms with E-state index in [1.165, 1.54) is 16.8 Å². The normalized spacial score (nSPS) is 10.5. The van der Waals surface area contributed by atoms with Gasteiger partial charge in [0, 0.05) is 0 Å². The van der Waals surface area contributed by atoms with Crippen LogP contribution in [0.4, 0.5) is 5.69 Å². The molecule has 120 valence electrons. The van der Waals surface area contributed by atoms with Crippen molar-refractivity contribution in [3.05, 3.63) is 70.6 Å². The number of anilines is 1. The standard InChI is InChI=1S/C17H14N4O3/c18-17(24)11-5-1-2-6-12(11)20-15(22)10-21-14-8-4-3-7-13(14)19-9-16(21)23/h1-9H,10H2,(H2,18,24)(H,20,22). The Hall–Kier alpha value is -3.48. The molecule has 0 saturated heterocycles. The Kier molecular flexibility index (Phi) is 4.07. The molecule has 7 nitrogen and oxygen atoms in total. The van der Waals surface area contributed by atoms with Gasteiger partial charge in [-0.15, -0.1) is 0 Å². The molecule has 1 aromatic heterocycles. The Balaban J connectivity index is 1.90. The van der Waals surface area contributed by atoms with Crippen LogP contribution in [-0.4, -0.2) is 21.4 Å². The summed E-state index contributed by atoms with van der Waals surface area (Å²) in [4.78, 5) is 39.8. The molecule has 0 spiro atoms. The number of benzene rings is 2. The van der Waals surface area contributed by atoms with Gasteiger partial charge in [0.2, 0.25) is 5.91 Å². The molecule has 0 radical (unpaired) electrons. The number of carbonyl (C=O) groups excluding carboxylic acids is 2. The fourth-order valence-electron chi connectivity index (χ4n) is 2.42. The van der Waals surface area contributed by atoms with Gasteiger partial charge in [-0.25, -0.2) is 4.98 Å². The second-order valence-corrected chi connectivity index (χ2v) is 5.13.